The number of Topliss-reactive ketones (excluding diaryl/α,β-unsaturated/α-hetero) is 2. The fourth-order valence-corrected chi connectivity index (χ4v) is 4.19. The lowest BCUT2D eigenvalue weighted by atomic mass is 10.0. The van der Waals surface area contributed by atoms with Crippen molar-refractivity contribution in [1.82, 2.24) is 25.2 Å². The molecule has 2 amide bonds. The monoisotopic (exact) mass is 497 g/mol. The lowest BCUT2D eigenvalue weighted by molar-refractivity contribution is -0.121. The number of aromatic nitrogens is 3. The number of carbonyl (C=O) groups is 4. The molecule has 37 heavy (non-hydrogen) atoms. The Morgan fingerprint density at radius 1 is 1.00 bits per heavy atom. The first kappa shape index (κ1) is 23.9. The molecule has 1 aliphatic rings. The molecule has 186 valence electrons. The predicted molar refractivity (Wildman–Crippen MR) is 132 cm³/mol. The molecule has 0 aliphatic carbocycles. The molecular weight excluding hydrogens is 474 g/mol. The summed E-state index contributed by atoms with van der Waals surface area (Å²) in [6, 6.07) is 15.4. The van der Waals surface area contributed by atoms with Crippen LogP contribution in [0, 0.1) is 0 Å². The molecule has 1 aliphatic heterocycles. The van der Waals surface area contributed by atoms with Crippen LogP contribution < -0.4 is 15.4 Å². The standard InChI is InChI=1S/C27H23N5O5/c1-16(33)21-5-3-2-4-18(21)14-29-27(36)23-12-22(31-25-8-9-30-32(23)25)26(35)28-13-17-6-7-24-19(10-17)11-20(34)15-37-24/h2-10,12H,11,13-15H2,1H3,(H,28,35)(H,29,36). The molecular formula is C27H23N5O5. The van der Waals surface area contributed by atoms with E-state index in [0.29, 0.717) is 28.9 Å². The smallest absolute Gasteiger partial charge is 0.270 e. The van der Waals surface area contributed by atoms with E-state index < -0.39 is 11.8 Å². The fraction of sp³-hybridized carbons (Fsp3) is 0.185. The van der Waals surface area contributed by atoms with Crippen LogP contribution in [0.1, 0.15) is 54.9 Å². The minimum absolute atomic E-state index is 0.00239. The summed E-state index contributed by atoms with van der Waals surface area (Å²) in [5.74, 6) is -0.362. The van der Waals surface area contributed by atoms with E-state index in [9.17, 15) is 19.2 Å². The minimum atomic E-state index is -0.470. The molecule has 0 fully saturated rings. The van der Waals surface area contributed by atoms with Gasteiger partial charge >= 0.3 is 0 Å². The molecule has 0 atom stereocenters. The highest BCUT2D eigenvalue weighted by Gasteiger charge is 2.20. The van der Waals surface area contributed by atoms with Gasteiger partial charge in [-0.2, -0.15) is 5.10 Å². The molecule has 2 aromatic carbocycles. The zero-order valence-corrected chi connectivity index (χ0v) is 20.0. The largest absolute Gasteiger partial charge is 0.486 e. The maximum Gasteiger partial charge on any atom is 0.270 e. The zero-order valence-electron chi connectivity index (χ0n) is 20.0. The number of ether oxygens (including phenoxy) is 1. The summed E-state index contributed by atoms with van der Waals surface area (Å²) in [4.78, 5) is 53.9. The maximum atomic E-state index is 13.1. The van der Waals surface area contributed by atoms with E-state index in [2.05, 4.69) is 20.7 Å². The summed E-state index contributed by atoms with van der Waals surface area (Å²) in [5.41, 5.74) is 3.32. The van der Waals surface area contributed by atoms with Crippen molar-refractivity contribution >= 4 is 29.0 Å². The Labute approximate surface area is 211 Å². The molecule has 4 aromatic rings. The van der Waals surface area contributed by atoms with Gasteiger partial charge in [0.15, 0.2) is 17.2 Å². The summed E-state index contributed by atoms with van der Waals surface area (Å²) >= 11 is 0. The van der Waals surface area contributed by atoms with Crippen LogP contribution in [-0.2, 0) is 24.3 Å². The molecule has 0 spiro atoms. The van der Waals surface area contributed by atoms with Gasteiger partial charge in [0, 0.05) is 42.8 Å². The van der Waals surface area contributed by atoms with Crippen LogP contribution in [0.5, 0.6) is 5.75 Å². The van der Waals surface area contributed by atoms with Crippen LogP contribution in [0.15, 0.2) is 60.8 Å². The molecule has 0 unspecified atom stereocenters. The number of hydrogen-bond donors (Lipinski definition) is 2. The number of benzene rings is 2. The Morgan fingerprint density at radius 3 is 2.65 bits per heavy atom. The molecule has 0 radical (unpaired) electrons. The maximum absolute atomic E-state index is 13.1. The normalized spacial score (nSPS) is 12.5. The van der Waals surface area contributed by atoms with Gasteiger partial charge in [-0.25, -0.2) is 9.50 Å². The number of nitrogens with one attached hydrogen (secondary N) is 2. The molecule has 0 bridgehead atoms. The van der Waals surface area contributed by atoms with Crippen LogP contribution >= 0.6 is 0 Å². The molecule has 10 nitrogen and oxygen atoms in total. The van der Waals surface area contributed by atoms with Crippen molar-refractivity contribution in [3.63, 3.8) is 0 Å². The van der Waals surface area contributed by atoms with E-state index in [4.69, 9.17) is 4.74 Å². The summed E-state index contributed by atoms with van der Waals surface area (Å²) in [6.07, 6.45) is 1.79. The van der Waals surface area contributed by atoms with Gasteiger partial charge in [-0.3, -0.25) is 19.2 Å². The van der Waals surface area contributed by atoms with Gasteiger partial charge in [-0.1, -0.05) is 30.3 Å². The average molecular weight is 498 g/mol. The summed E-state index contributed by atoms with van der Waals surface area (Å²) in [6.45, 7) is 1.88. The van der Waals surface area contributed by atoms with Gasteiger partial charge in [-0.15, -0.1) is 0 Å². The number of rotatable bonds is 7. The van der Waals surface area contributed by atoms with Crippen molar-refractivity contribution in [3.8, 4) is 5.75 Å². The van der Waals surface area contributed by atoms with E-state index in [1.807, 2.05) is 12.1 Å². The van der Waals surface area contributed by atoms with Crippen molar-refractivity contribution in [3.05, 3.63) is 94.4 Å². The summed E-state index contributed by atoms with van der Waals surface area (Å²) in [5, 5.41) is 9.76. The van der Waals surface area contributed by atoms with Crippen molar-refractivity contribution in [1.29, 1.82) is 0 Å². The number of hydrogen-bond acceptors (Lipinski definition) is 7. The van der Waals surface area contributed by atoms with Crippen molar-refractivity contribution in [2.45, 2.75) is 26.4 Å². The molecule has 10 heteroatoms. The lowest BCUT2D eigenvalue weighted by Gasteiger charge is -2.17. The average Bonchev–Trinajstić information content (AvgIpc) is 3.38. The number of nitrogens with zero attached hydrogens (tertiary/aromatic N) is 3. The highest BCUT2D eigenvalue weighted by atomic mass is 16.5. The van der Waals surface area contributed by atoms with Crippen molar-refractivity contribution in [2.24, 2.45) is 0 Å². The van der Waals surface area contributed by atoms with Crippen LogP contribution in [0.2, 0.25) is 0 Å². The van der Waals surface area contributed by atoms with Gasteiger partial charge in [0.05, 0.1) is 6.20 Å². The van der Waals surface area contributed by atoms with E-state index in [-0.39, 0.29) is 42.7 Å². The Bertz CT molecular complexity index is 1560. The van der Waals surface area contributed by atoms with Gasteiger partial charge in [-0.05, 0) is 30.2 Å². The van der Waals surface area contributed by atoms with Crippen molar-refractivity contribution < 1.29 is 23.9 Å². The second-order valence-electron chi connectivity index (χ2n) is 8.65. The molecule has 5 rings (SSSR count). The first-order valence-corrected chi connectivity index (χ1v) is 11.7. The summed E-state index contributed by atoms with van der Waals surface area (Å²) in [7, 11) is 0. The van der Waals surface area contributed by atoms with E-state index in [1.165, 1.54) is 23.7 Å². The van der Waals surface area contributed by atoms with Gasteiger partial charge in [0.25, 0.3) is 11.8 Å². The minimum Gasteiger partial charge on any atom is -0.486 e. The molecule has 3 heterocycles. The molecule has 2 N–H and O–H groups in total. The molecule has 0 saturated heterocycles. The first-order valence-electron chi connectivity index (χ1n) is 11.7. The second kappa shape index (κ2) is 10.0. The van der Waals surface area contributed by atoms with E-state index in [1.54, 1.807) is 36.4 Å². The number of carbonyl (C=O) groups excluding carboxylic acids is 4. The highest BCUT2D eigenvalue weighted by Crippen LogP contribution is 2.24. The number of amides is 2. The number of fused-ring (bicyclic) bond motifs is 2. The molecule has 0 saturated carbocycles. The summed E-state index contributed by atoms with van der Waals surface area (Å²) < 4.78 is 6.76. The quantitative estimate of drug-likeness (QED) is 0.375. The van der Waals surface area contributed by atoms with Crippen LogP contribution in [-0.4, -0.2) is 44.6 Å². The highest BCUT2D eigenvalue weighted by molar-refractivity contribution is 5.99. The Morgan fingerprint density at radius 2 is 1.81 bits per heavy atom. The third-order valence-electron chi connectivity index (χ3n) is 6.01. The number of ketones is 2. The van der Waals surface area contributed by atoms with Crippen LogP contribution in [0.25, 0.3) is 5.65 Å². The Balaban J connectivity index is 1.32. The topological polar surface area (TPSA) is 132 Å². The molecule has 2 aromatic heterocycles. The first-order chi connectivity index (χ1) is 17.9. The van der Waals surface area contributed by atoms with Crippen molar-refractivity contribution in [2.75, 3.05) is 6.61 Å². The second-order valence-corrected chi connectivity index (χ2v) is 8.65. The van der Waals surface area contributed by atoms with Gasteiger partial charge < -0.3 is 15.4 Å². The van der Waals surface area contributed by atoms with E-state index >= 15 is 0 Å². The van der Waals surface area contributed by atoms with E-state index in [0.717, 1.165) is 11.1 Å². The SMILES string of the molecule is CC(=O)c1ccccc1CNC(=O)c1cc(C(=O)NCc2ccc3c(c2)CC(=O)CO3)nc2ccnn12. The van der Waals surface area contributed by atoms with Crippen LogP contribution in [0.3, 0.4) is 0 Å². The van der Waals surface area contributed by atoms with Gasteiger partial charge in [0.2, 0.25) is 0 Å². The third kappa shape index (κ3) is 5.08. The Hall–Kier alpha value is -4.86. The van der Waals surface area contributed by atoms with Crippen LogP contribution in [0.4, 0.5) is 0 Å². The fourth-order valence-electron chi connectivity index (χ4n) is 4.19. The predicted octanol–water partition coefficient (Wildman–Crippen LogP) is 2.30. The zero-order chi connectivity index (χ0) is 25.9. The Kier molecular flexibility index (Phi) is 6.46. The third-order valence-corrected chi connectivity index (χ3v) is 6.01. The lowest BCUT2D eigenvalue weighted by Crippen LogP contribution is -2.29. The van der Waals surface area contributed by atoms with Gasteiger partial charge in [0.1, 0.15) is 23.7 Å².